The second kappa shape index (κ2) is 5.60. The average Bonchev–Trinajstić information content (AvgIpc) is 3.24. The molecule has 0 N–H and O–H groups in total. The van der Waals surface area contributed by atoms with E-state index in [9.17, 15) is 9.59 Å². The molecule has 0 unspecified atom stereocenters. The molecule has 1 saturated heterocycles. The lowest BCUT2D eigenvalue weighted by Crippen LogP contribution is -2.37. The lowest BCUT2D eigenvalue weighted by molar-refractivity contribution is -0.125. The smallest absolute Gasteiger partial charge is 0.327 e. The van der Waals surface area contributed by atoms with Crippen LogP contribution in [0.25, 0.3) is 0 Å². The Hall–Kier alpha value is -1.95. The second-order valence-electron chi connectivity index (χ2n) is 6.14. The predicted octanol–water partition coefficient (Wildman–Crippen LogP) is 2.78. The number of hydrogen-bond donors (Lipinski definition) is 0. The summed E-state index contributed by atoms with van der Waals surface area (Å²) in [5.74, 6) is 0.914. The summed E-state index contributed by atoms with van der Waals surface area (Å²) < 4.78 is 10.6. The van der Waals surface area contributed by atoms with Crippen LogP contribution >= 0.6 is 11.6 Å². The van der Waals surface area contributed by atoms with Gasteiger partial charge in [-0.15, -0.1) is 0 Å². The summed E-state index contributed by atoms with van der Waals surface area (Å²) in [5.41, 5.74) is 0.759. The zero-order valence-electron chi connectivity index (χ0n) is 12.6. The summed E-state index contributed by atoms with van der Waals surface area (Å²) in [6.45, 7) is 0.522. The van der Waals surface area contributed by atoms with Crippen LogP contribution in [0.3, 0.4) is 0 Å². The van der Waals surface area contributed by atoms with Gasteiger partial charge in [0.1, 0.15) is 6.54 Å². The van der Waals surface area contributed by atoms with E-state index in [1.165, 1.54) is 4.90 Å². The third-order valence-electron chi connectivity index (χ3n) is 4.68. The van der Waals surface area contributed by atoms with E-state index in [1.807, 2.05) is 0 Å². The van der Waals surface area contributed by atoms with E-state index in [4.69, 9.17) is 21.1 Å². The molecule has 6 nitrogen and oxygen atoms in total. The Labute approximate surface area is 138 Å². The summed E-state index contributed by atoms with van der Waals surface area (Å²) in [5, 5.41) is 0.432. The third kappa shape index (κ3) is 2.51. The quantitative estimate of drug-likeness (QED) is 0.796. The molecule has 0 atom stereocenters. The standard InChI is InChI=1S/C16H17ClN2O4/c17-12-5-10(6-13-15(12)23-9-22-13)7-19-14(20)8-18(16(19)21)11-3-1-2-4-11/h5-6,11H,1-4,7-9H2. The van der Waals surface area contributed by atoms with E-state index in [0.29, 0.717) is 16.5 Å². The Bertz CT molecular complexity index is 672. The highest BCUT2D eigenvalue weighted by Gasteiger charge is 2.40. The number of benzene rings is 1. The maximum atomic E-state index is 12.6. The number of carbonyl (C=O) groups is 2. The Morgan fingerprint density at radius 1 is 1.17 bits per heavy atom. The van der Waals surface area contributed by atoms with Crippen LogP contribution in [0, 0.1) is 0 Å². The number of amides is 3. The summed E-state index contributed by atoms with van der Waals surface area (Å²) in [6, 6.07) is 3.49. The minimum Gasteiger partial charge on any atom is -0.454 e. The van der Waals surface area contributed by atoms with Gasteiger partial charge in [0.15, 0.2) is 11.5 Å². The van der Waals surface area contributed by atoms with Crippen molar-refractivity contribution in [3.8, 4) is 11.5 Å². The molecule has 0 aromatic heterocycles. The predicted molar refractivity (Wildman–Crippen MR) is 82.5 cm³/mol. The molecule has 0 spiro atoms. The first-order chi connectivity index (χ1) is 11.1. The van der Waals surface area contributed by atoms with Crippen molar-refractivity contribution in [3.63, 3.8) is 0 Å². The van der Waals surface area contributed by atoms with Crippen LogP contribution in [-0.2, 0) is 11.3 Å². The molecule has 7 heteroatoms. The van der Waals surface area contributed by atoms with Gasteiger partial charge in [0.2, 0.25) is 6.79 Å². The first kappa shape index (κ1) is 14.6. The first-order valence-electron chi connectivity index (χ1n) is 7.82. The van der Waals surface area contributed by atoms with Crippen LogP contribution in [0.4, 0.5) is 4.79 Å². The molecule has 3 amide bonds. The molecule has 2 fully saturated rings. The van der Waals surface area contributed by atoms with Crippen LogP contribution in [0.2, 0.25) is 5.02 Å². The molecule has 1 saturated carbocycles. The van der Waals surface area contributed by atoms with E-state index in [2.05, 4.69) is 0 Å². The van der Waals surface area contributed by atoms with Crippen LogP contribution in [0.5, 0.6) is 11.5 Å². The molecule has 2 heterocycles. The van der Waals surface area contributed by atoms with Gasteiger partial charge < -0.3 is 14.4 Å². The molecule has 0 bridgehead atoms. The van der Waals surface area contributed by atoms with Gasteiger partial charge in [0.25, 0.3) is 5.91 Å². The average molecular weight is 337 g/mol. The van der Waals surface area contributed by atoms with Crippen LogP contribution in [0.15, 0.2) is 12.1 Å². The zero-order valence-corrected chi connectivity index (χ0v) is 13.3. The monoisotopic (exact) mass is 336 g/mol. The number of halogens is 1. The fraction of sp³-hybridized carbons (Fsp3) is 0.500. The van der Waals surface area contributed by atoms with Crippen LogP contribution < -0.4 is 9.47 Å². The van der Waals surface area contributed by atoms with Crippen molar-refractivity contribution in [2.75, 3.05) is 13.3 Å². The van der Waals surface area contributed by atoms with Crippen molar-refractivity contribution in [1.82, 2.24) is 9.80 Å². The topological polar surface area (TPSA) is 59.1 Å². The third-order valence-corrected chi connectivity index (χ3v) is 4.96. The number of fused-ring (bicyclic) bond motifs is 1. The number of urea groups is 1. The molecule has 1 aromatic rings. The number of hydrogen-bond acceptors (Lipinski definition) is 4. The maximum Gasteiger partial charge on any atom is 0.327 e. The van der Waals surface area contributed by atoms with E-state index >= 15 is 0 Å². The molecule has 4 rings (SSSR count). The van der Waals surface area contributed by atoms with E-state index in [-0.39, 0.29) is 37.9 Å². The molecular weight excluding hydrogens is 320 g/mol. The fourth-order valence-corrected chi connectivity index (χ4v) is 3.80. The lowest BCUT2D eigenvalue weighted by Gasteiger charge is -2.23. The zero-order chi connectivity index (χ0) is 16.0. The molecule has 23 heavy (non-hydrogen) atoms. The van der Waals surface area contributed by atoms with Gasteiger partial charge in [0, 0.05) is 6.04 Å². The Balaban J connectivity index is 1.53. The number of nitrogens with zero attached hydrogens (tertiary/aromatic N) is 2. The molecule has 1 aromatic carbocycles. The van der Waals surface area contributed by atoms with Crippen LogP contribution in [0.1, 0.15) is 31.2 Å². The largest absolute Gasteiger partial charge is 0.454 e. The number of imide groups is 1. The SMILES string of the molecule is O=C1CN(C2CCCC2)C(=O)N1Cc1cc(Cl)c2c(c1)OCO2. The van der Waals surface area contributed by atoms with E-state index < -0.39 is 0 Å². The second-order valence-corrected chi connectivity index (χ2v) is 6.55. The highest BCUT2D eigenvalue weighted by molar-refractivity contribution is 6.32. The van der Waals surface area contributed by atoms with Gasteiger partial charge in [0.05, 0.1) is 11.6 Å². The molecule has 3 aliphatic rings. The van der Waals surface area contributed by atoms with Gasteiger partial charge in [-0.25, -0.2) is 4.79 Å². The normalized spacial score (nSPS) is 20.9. The molecule has 0 radical (unpaired) electrons. The number of ether oxygens (including phenoxy) is 2. The molecular formula is C16H17ClN2O4. The molecule has 1 aliphatic carbocycles. The Morgan fingerprint density at radius 3 is 2.74 bits per heavy atom. The first-order valence-corrected chi connectivity index (χ1v) is 8.20. The molecule has 2 aliphatic heterocycles. The van der Waals surface area contributed by atoms with Gasteiger partial charge in [-0.2, -0.15) is 0 Å². The minimum atomic E-state index is -0.198. The molecule has 122 valence electrons. The minimum absolute atomic E-state index is 0.134. The fourth-order valence-electron chi connectivity index (χ4n) is 3.51. The lowest BCUT2D eigenvalue weighted by atomic mass is 10.2. The van der Waals surface area contributed by atoms with E-state index in [0.717, 1.165) is 31.2 Å². The summed E-state index contributed by atoms with van der Waals surface area (Å²) >= 11 is 6.16. The van der Waals surface area contributed by atoms with Crippen molar-refractivity contribution < 1.29 is 19.1 Å². The number of rotatable bonds is 3. The summed E-state index contributed by atoms with van der Waals surface area (Å²) in [7, 11) is 0. The summed E-state index contributed by atoms with van der Waals surface area (Å²) in [6.07, 6.45) is 4.23. The Kier molecular flexibility index (Phi) is 3.56. The van der Waals surface area contributed by atoms with E-state index in [1.54, 1.807) is 17.0 Å². The maximum absolute atomic E-state index is 12.6. The van der Waals surface area contributed by atoms with Crippen molar-refractivity contribution in [1.29, 1.82) is 0 Å². The van der Waals surface area contributed by atoms with Crippen molar-refractivity contribution in [3.05, 3.63) is 22.7 Å². The van der Waals surface area contributed by atoms with Crippen molar-refractivity contribution >= 4 is 23.5 Å². The highest BCUT2D eigenvalue weighted by atomic mass is 35.5. The summed E-state index contributed by atoms with van der Waals surface area (Å²) in [4.78, 5) is 27.8. The van der Waals surface area contributed by atoms with Gasteiger partial charge in [-0.3, -0.25) is 9.69 Å². The van der Waals surface area contributed by atoms with Gasteiger partial charge in [-0.05, 0) is 30.5 Å². The van der Waals surface area contributed by atoms with Gasteiger partial charge >= 0.3 is 6.03 Å². The van der Waals surface area contributed by atoms with Crippen LogP contribution in [-0.4, -0.2) is 41.1 Å². The van der Waals surface area contributed by atoms with Crippen molar-refractivity contribution in [2.24, 2.45) is 0 Å². The van der Waals surface area contributed by atoms with Gasteiger partial charge in [-0.1, -0.05) is 24.4 Å². The Morgan fingerprint density at radius 2 is 1.96 bits per heavy atom. The van der Waals surface area contributed by atoms with Crippen molar-refractivity contribution in [2.45, 2.75) is 38.3 Å². The highest BCUT2D eigenvalue weighted by Crippen LogP contribution is 2.40. The number of carbonyl (C=O) groups excluding carboxylic acids is 2.